The maximum absolute atomic E-state index is 11.7. The first-order valence-corrected chi connectivity index (χ1v) is 6.32. The van der Waals surface area contributed by atoms with Gasteiger partial charge in [-0.15, -0.1) is 0 Å². The Labute approximate surface area is 92.0 Å². The van der Waals surface area contributed by atoms with E-state index in [0.717, 1.165) is 31.3 Å². The number of piperidine rings is 1. The van der Waals surface area contributed by atoms with Crippen LogP contribution in [0.15, 0.2) is 0 Å². The molecule has 1 saturated heterocycles. The number of carbonyl (C=O) groups is 1. The smallest absolute Gasteiger partial charge is 0.237 e. The SMILES string of the molecule is CCNC(=O)C1CC(C2CCC2)CCN1. The number of likely N-dealkylation sites (N-methyl/N-ethyl adjacent to an activating group) is 1. The highest BCUT2D eigenvalue weighted by Gasteiger charge is 2.33. The van der Waals surface area contributed by atoms with Crippen molar-refractivity contribution < 1.29 is 4.79 Å². The molecule has 1 heterocycles. The van der Waals surface area contributed by atoms with Crippen LogP contribution >= 0.6 is 0 Å². The largest absolute Gasteiger partial charge is 0.355 e. The first-order chi connectivity index (χ1) is 7.31. The minimum atomic E-state index is 0.0734. The quantitative estimate of drug-likeness (QED) is 0.737. The molecule has 0 radical (unpaired) electrons. The Hall–Kier alpha value is -0.570. The molecule has 0 aromatic carbocycles. The fourth-order valence-corrected chi connectivity index (χ4v) is 2.78. The van der Waals surface area contributed by atoms with Crippen molar-refractivity contribution >= 4 is 5.91 Å². The van der Waals surface area contributed by atoms with Crippen molar-refractivity contribution in [2.24, 2.45) is 11.8 Å². The molecule has 1 aliphatic carbocycles. The van der Waals surface area contributed by atoms with Crippen molar-refractivity contribution in [1.82, 2.24) is 10.6 Å². The molecule has 0 aromatic rings. The van der Waals surface area contributed by atoms with E-state index >= 15 is 0 Å². The van der Waals surface area contributed by atoms with Crippen molar-refractivity contribution in [1.29, 1.82) is 0 Å². The topological polar surface area (TPSA) is 41.1 Å². The molecule has 3 nitrogen and oxygen atoms in total. The van der Waals surface area contributed by atoms with Crippen LogP contribution in [0.3, 0.4) is 0 Å². The highest BCUT2D eigenvalue weighted by Crippen LogP contribution is 2.38. The van der Waals surface area contributed by atoms with E-state index < -0.39 is 0 Å². The Balaban J connectivity index is 1.83. The molecule has 2 rings (SSSR count). The molecule has 0 aromatic heterocycles. The van der Waals surface area contributed by atoms with Gasteiger partial charge in [-0.1, -0.05) is 19.3 Å². The molecule has 1 saturated carbocycles. The second kappa shape index (κ2) is 4.97. The van der Waals surface area contributed by atoms with Gasteiger partial charge in [0, 0.05) is 6.54 Å². The van der Waals surface area contributed by atoms with Gasteiger partial charge < -0.3 is 10.6 Å². The van der Waals surface area contributed by atoms with E-state index in [1.807, 2.05) is 6.92 Å². The molecule has 1 amide bonds. The fourth-order valence-electron chi connectivity index (χ4n) is 2.78. The highest BCUT2D eigenvalue weighted by molar-refractivity contribution is 5.81. The fraction of sp³-hybridized carbons (Fsp3) is 0.917. The van der Waals surface area contributed by atoms with Gasteiger partial charge in [-0.25, -0.2) is 0 Å². The molecule has 15 heavy (non-hydrogen) atoms. The third-order valence-electron chi connectivity index (χ3n) is 3.93. The Bertz CT molecular complexity index is 226. The minimum Gasteiger partial charge on any atom is -0.355 e. The molecule has 2 aliphatic rings. The Morgan fingerprint density at radius 1 is 1.33 bits per heavy atom. The van der Waals surface area contributed by atoms with Crippen LogP contribution in [-0.2, 0) is 4.79 Å². The average Bonchev–Trinajstić information content (AvgIpc) is 2.16. The van der Waals surface area contributed by atoms with Crippen LogP contribution < -0.4 is 10.6 Å². The van der Waals surface area contributed by atoms with Gasteiger partial charge in [-0.05, 0) is 38.1 Å². The second-order valence-corrected chi connectivity index (χ2v) is 4.88. The van der Waals surface area contributed by atoms with E-state index in [-0.39, 0.29) is 11.9 Å². The zero-order chi connectivity index (χ0) is 10.7. The van der Waals surface area contributed by atoms with Gasteiger partial charge in [0.1, 0.15) is 0 Å². The molecule has 2 N–H and O–H groups in total. The summed E-state index contributed by atoms with van der Waals surface area (Å²) in [5, 5.41) is 6.23. The van der Waals surface area contributed by atoms with Crippen molar-refractivity contribution in [2.45, 2.75) is 45.1 Å². The summed E-state index contributed by atoms with van der Waals surface area (Å²) in [7, 11) is 0. The summed E-state index contributed by atoms with van der Waals surface area (Å²) in [6.07, 6.45) is 6.51. The number of hydrogen-bond donors (Lipinski definition) is 2. The lowest BCUT2D eigenvalue weighted by molar-refractivity contribution is -0.124. The molecule has 2 fully saturated rings. The number of carbonyl (C=O) groups excluding carboxylic acids is 1. The Kier molecular flexibility index (Phi) is 3.62. The standard InChI is InChI=1S/C12H22N2O/c1-2-13-12(15)11-8-10(6-7-14-11)9-4-3-5-9/h9-11,14H,2-8H2,1H3,(H,13,15). The normalized spacial score (nSPS) is 32.1. The van der Waals surface area contributed by atoms with Crippen LogP contribution in [-0.4, -0.2) is 25.0 Å². The van der Waals surface area contributed by atoms with E-state index in [0.29, 0.717) is 0 Å². The zero-order valence-corrected chi connectivity index (χ0v) is 9.59. The number of amides is 1. The van der Waals surface area contributed by atoms with E-state index in [2.05, 4.69) is 10.6 Å². The van der Waals surface area contributed by atoms with Gasteiger partial charge in [0.15, 0.2) is 0 Å². The van der Waals surface area contributed by atoms with Crippen molar-refractivity contribution in [3.05, 3.63) is 0 Å². The lowest BCUT2D eigenvalue weighted by atomic mass is 9.71. The van der Waals surface area contributed by atoms with Crippen LogP contribution in [0.5, 0.6) is 0 Å². The summed E-state index contributed by atoms with van der Waals surface area (Å²) >= 11 is 0. The van der Waals surface area contributed by atoms with E-state index in [1.54, 1.807) is 0 Å². The zero-order valence-electron chi connectivity index (χ0n) is 9.59. The maximum Gasteiger partial charge on any atom is 0.237 e. The van der Waals surface area contributed by atoms with Crippen LogP contribution in [0.1, 0.15) is 39.0 Å². The minimum absolute atomic E-state index is 0.0734. The average molecular weight is 210 g/mol. The van der Waals surface area contributed by atoms with Gasteiger partial charge in [-0.2, -0.15) is 0 Å². The lowest BCUT2D eigenvalue weighted by Gasteiger charge is -2.39. The first kappa shape index (κ1) is 10.9. The monoisotopic (exact) mass is 210 g/mol. The molecule has 86 valence electrons. The summed E-state index contributed by atoms with van der Waals surface area (Å²) in [5.41, 5.74) is 0. The first-order valence-electron chi connectivity index (χ1n) is 6.32. The third kappa shape index (κ3) is 2.51. The molecular weight excluding hydrogens is 188 g/mol. The van der Waals surface area contributed by atoms with Crippen molar-refractivity contribution in [3.63, 3.8) is 0 Å². The van der Waals surface area contributed by atoms with Crippen LogP contribution in [0.4, 0.5) is 0 Å². The lowest BCUT2D eigenvalue weighted by Crippen LogP contribution is -2.50. The predicted octanol–water partition coefficient (Wildman–Crippen LogP) is 1.29. The van der Waals surface area contributed by atoms with Gasteiger partial charge in [-0.3, -0.25) is 4.79 Å². The number of nitrogens with one attached hydrogen (secondary N) is 2. The molecule has 0 spiro atoms. The summed E-state index contributed by atoms with van der Waals surface area (Å²) in [6.45, 7) is 3.73. The highest BCUT2D eigenvalue weighted by atomic mass is 16.2. The Morgan fingerprint density at radius 2 is 2.13 bits per heavy atom. The molecule has 3 heteroatoms. The summed E-state index contributed by atoms with van der Waals surface area (Å²) < 4.78 is 0. The molecule has 0 bridgehead atoms. The van der Waals surface area contributed by atoms with Crippen LogP contribution in [0.2, 0.25) is 0 Å². The predicted molar refractivity (Wildman–Crippen MR) is 60.5 cm³/mol. The molecule has 2 atom stereocenters. The summed E-state index contributed by atoms with van der Waals surface area (Å²) in [6, 6.07) is 0.0734. The van der Waals surface area contributed by atoms with E-state index in [4.69, 9.17) is 0 Å². The Morgan fingerprint density at radius 3 is 2.73 bits per heavy atom. The number of hydrogen-bond acceptors (Lipinski definition) is 2. The molecular formula is C12H22N2O. The van der Waals surface area contributed by atoms with E-state index in [9.17, 15) is 4.79 Å². The molecule has 2 unspecified atom stereocenters. The van der Waals surface area contributed by atoms with E-state index in [1.165, 1.54) is 25.7 Å². The second-order valence-electron chi connectivity index (χ2n) is 4.88. The third-order valence-corrected chi connectivity index (χ3v) is 3.93. The summed E-state index contributed by atoms with van der Waals surface area (Å²) in [5.74, 6) is 1.91. The number of rotatable bonds is 3. The van der Waals surface area contributed by atoms with Gasteiger partial charge in [0.25, 0.3) is 0 Å². The molecule has 1 aliphatic heterocycles. The van der Waals surface area contributed by atoms with Crippen LogP contribution in [0.25, 0.3) is 0 Å². The summed E-state index contributed by atoms with van der Waals surface area (Å²) in [4.78, 5) is 11.7. The van der Waals surface area contributed by atoms with Gasteiger partial charge >= 0.3 is 0 Å². The van der Waals surface area contributed by atoms with Crippen LogP contribution in [0, 0.1) is 11.8 Å². The maximum atomic E-state index is 11.7. The van der Waals surface area contributed by atoms with Gasteiger partial charge in [0.2, 0.25) is 5.91 Å². The van der Waals surface area contributed by atoms with Crippen molar-refractivity contribution in [3.8, 4) is 0 Å². The van der Waals surface area contributed by atoms with Gasteiger partial charge in [0.05, 0.1) is 6.04 Å². The van der Waals surface area contributed by atoms with Crippen molar-refractivity contribution in [2.75, 3.05) is 13.1 Å².